The highest BCUT2D eigenvalue weighted by Crippen LogP contribution is 2.29. The number of H-pyrrole nitrogens is 1. The Hall–Kier alpha value is -3.31. The van der Waals surface area contributed by atoms with Gasteiger partial charge in [0.2, 0.25) is 5.91 Å². The number of carbonyl (C=O) groups is 1. The third kappa shape index (κ3) is 6.59. The maximum atomic E-state index is 12.3. The Kier molecular flexibility index (Phi) is 7.68. The van der Waals surface area contributed by atoms with E-state index in [9.17, 15) is 19.7 Å². The lowest BCUT2D eigenvalue weighted by molar-refractivity contribution is -0.384. The number of amides is 1. The Morgan fingerprint density at radius 1 is 1.19 bits per heavy atom. The number of hydrogen-bond acceptors (Lipinski definition) is 8. The van der Waals surface area contributed by atoms with Crippen LogP contribution in [0.4, 0.5) is 11.4 Å². The van der Waals surface area contributed by atoms with Crippen LogP contribution in [0.15, 0.2) is 69.4 Å². The van der Waals surface area contributed by atoms with E-state index in [2.05, 4.69) is 15.3 Å². The zero-order valence-electron chi connectivity index (χ0n) is 16.4. The number of hydrogen-bond donors (Lipinski definition) is 2. The number of aromatic amines is 1. The van der Waals surface area contributed by atoms with E-state index < -0.39 is 10.8 Å². The SMILES string of the molecule is COc1ccc(NC(=O)CSc2nc(CSc3ccccc3)cc(=O)[nH]2)c([N+](=O)[O-])c1. The molecule has 0 fully saturated rings. The molecule has 2 N–H and O–H groups in total. The van der Waals surface area contributed by atoms with Gasteiger partial charge in [0.1, 0.15) is 11.4 Å². The fourth-order valence-electron chi connectivity index (χ4n) is 2.52. The van der Waals surface area contributed by atoms with Crippen LogP contribution in [0.25, 0.3) is 0 Å². The standard InChI is InChI=1S/C20H18N4O5S2/c1-29-14-7-8-16(17(10-14)24(27)28)22-19(26)12-31-20-21-13(9-18(25)23-20)11-30-15-5-3-2-4-6-15/h2-10H,11-12H2,1H3,(H,22,26)(H,21,23,25). The van der Waals surface area contributed by atoms with Crippen LogP contribution in [0, 0.1) is 10.1 Å². The molecule has 3 aromatic rings. The average molecular weight is 459 g/mol. The van der Waals surface area contributed by atoms with E-state index in [4.69, 9.17) is 4.74 Å². The minimum atomic E-state index is -0.599. The molecule has 1 heterocycles. The molecular formula is C20H18N4O5S2. The third-order valence-corrected chi connectivity index (χ3v) is 5.84. The van der Waals surface area contributed by atoms with Crippen molar-refractivity contribution in [1.82, 2.24) is 9.97 Å². The highest BCUT2D eigenvalue weighted by Gasteiger charge is 2.17. The van der Waals surface area contributed by atoms with Crippen molar-refractivity contribution in [3.8, 4) is 5.75 Å². The second-order valence-electron chi connectivity index (χ2n) is 6.12. The minimum Gasteiger partial charge on any atom is -0.496 e. The molecule has 0 saturated carbocycles. The van der Waals surface area contributed by atoms with Gasteiger partial charge in [0.15, 0.2) is 5.16 Å². The molecule has 0 aliphatic carbocycles. The topological polar surface area (TPSA) is 127 Å². The number of ether oxygens (including phenoxy) is 1. The highest BCUT2D eigenvalue weighted by atomic mass is 32.2. The van der Waals surface area contributed by atoms with E-state index in [0.717, 1.165) is 16.7 Å². The van der Waals surface area contributed by atoms with Crippen molar-refractivity contribution in [2.45, 2.75) is 15.8 Å². The van der Waals surface area contributed by atoms with E-state index in [1.54, 1.807) is 11.8 Å². The van der Waals surface area contributed by atoms with Crippen LogP contribution >= 0.6 is 23.5 Å². The Bertz CT molecular complexity index is 1140. The lowest BCUT2D eigenvalue weighted by Crippen LogP contribution is -2.16. The van der Waals surface area contributed by atoms with E-state index in [1.165, 1.54) is 31.4 Å². The molecule has 0 spiro atoms. The highest BCUT2D eigenvalue weighted by molar-refractivity contribution is 7.99. The van der Waals surface area contributed by atoms with Gasteiger partial charge in [-0.3, -0.25) is 19.7 Å². The molecule has 9 nitrogen and oxygen atoms in total. The Labute approximate surface area is 185 Å². The molecule has 1 aromatic heterocycles. The Morgan fingerprint density at radius 3 is 2.68 bits per heavy atom. The number of carbonyl (C=O) groups excluding carboxylic acids is 1. The van der Waals surface area contributed by atoms with Crippen LogP contribution in [0.3, 0.4) is 0 Å². The number of nitro groups is 1. The molecule has 2 aromatic carbocycles. The average Bonchev–Trinajstić information content (AvgIpc) is 2.77. The minimum absolute atomic E-state index is 0.0610. The number of aromatic nitrogens is 2. The van der Waals surface area contributed by atoms with Gasteiger partial charge in [0, 0.05) is 16.7 Å². The second kappa shape index (κ2) is 10.6. The first-order valence-electron chi connectivity index (χ1n) is 8.98. The van der Waals surface area contributed by atoms with Crippen molar-refractivity contribution in [3.05, 3.63) is 80.8 Å². The second-order valence-corrected chi connectivity index (χ2v) is 8.13. The molecule has 160 valence electrons. The number of nitro benzene ring substituents is 1. The van der Waals surface area contributed by atoms with E-state index >= 15 is 0 Å². The molecule has 0 atom stereocenters. The largest absolute Gasteiger partial charge is 0.496 e. The maximum absolute atomic E-state index is 12.3. The summed E-state index contributed by atoms with van der Waals surface area (Å²) in [5.41, 5.74) is 0.0636. The van der Waals surface area contributed by atoms with E-state index in [0.29, 0.717) is 22.4 Å². The van der Waals surface area contributed by atoms with Gasteiger partial charge in [-0.2, -0.15) is 0 Å². The van der Waals surface area contributed by atoms with Gasteiger partial charge in [0.25, 0.3) is 11.2 Å². The fourth-order valence-corrected chi connectivity index (χ4v) is 4.02. The molecule has 31 heavy (non-hydrogen) atoms. The first-order valence-corrected chi connectivity index (χ1v) is 10.9. The summed E-state index contributed by atoms with van der Waals surface area (Å²) in [6, 6.07) is 15.3. The maximum Gasteiger partial charge on any atom is 0.296 e. The monoisotopic (exact) mass is 458 g/mol. The van der Waals surface area contributed by atoms with Gasteiger partial charge in [0.05, 0.1) is 29.5 Å². The molecule has 1 amide bonds. The number of benzene rings is 2. The number of nitrogens with zero attached hydrogens (tertiary/aromatic N) is 2. The Morgan fingerprint density at radius 2 is 1.97 bits per heavy atom. The molecular weight excluding hydrogens is 440 g/mol. The number of anilines is 1. The summed E-state index contributed by atoms with van der Waals surface area (Å²) < 4.78 is 4.98. The van der Waals surface area contributed by atoms with Crippen LogP contribution in [0.5, 0.6) is 5.75 Å². The van der Waals surface area contributed by atoms with E-state index in [-0.39, 0.29) is 22.7 Å². The summed E-state index contributed by atoms with van der Waals surface area (Å²) in [6.07, 6.45) is 0. The lowest BCUT2D eigenvalue weighted by atomic mass is 10.2. The number of thioether (sulfide) groups is 2. The molecule has 0 aliphatic rings. The van der Waals surface area contributed by atoms with Gasteiger partial charge in [-0.1, -0.05) is 30.0 Å². The zero-order valence-corrected chi connectivity index (χ0v) is 18.0. The smallest absolute Gasteiger partial charge is 0.296 e. The van der Waals surface area contributed by atoms with Gasteiger partial charge >= 0.3 is 0 Å². The van der Waals surface area contributed by atoms with Gasteiger partial charge < -0.3 is 15.0 Å². The fraction of sp³-hybridized carbons (Fsp3) is 0.150. The van der Waals surface area contributed by atoms with Crippen molar-refractivity contribution in [2.75, 3.05) is 18.2 Å². The number of methoxy groups -OCH3 is 1. The van der Waals surface area contributed by atoms with Crippen LogP contribution in [0.1, 0.15) is 5.69 Å². The van der Waals surface area contributed by atoms with Gasteiger partial charge in [-0.15, -0.1) is 11.8 Å². The van der Waals surface area contributed by atoms with Crippen molar-refractivity contribution in [2.24, 2.45) is 0 Å². The lowest BCUT2D eigenvalue weighted by Gasteiger charge is -2.08. The predicted molar refractivity (Wildman–Crippen MR) is 120 cm³/mol. The first-order chi connectivity index (χ1) is 14.9. The quantitative estimate of drug-likeness (QED) is 0.215. The zero-order chi connectivity index (χ0) is 22.2. The molecule has 0 bridgehead atoms. The summed E-state index contributed by atoms with van der Waals surface area (Å²) in [4.78, 5) is 42.9. The third-order valence-electron chi connectivity index (χ3n) is 3.92. The molecule has 11 heteroatoms. The first kappa shape index (κ1) is 22.4. The number of rotatable bonds is 9. The predicted octanol–water partition coefficient (Wildman–Crippen LogP) is 3.71. The summed E-state index contributed by atoms with van der Waals surface area (Å²) in [5, 5.41) is 14.0. The van der Waals surface area contributed by atoms with Gasteiger partial charge in [-0.05, 0) is 24.3 Å². The van der Waals surface area contributed by atoms with Crippen molar-refractivity contribution < 1.29 is 14.5 Å². The molecule has 0 saturated heterocycles. The molecule has 0 aliphatic heterocycles. The van der Waals surface area contributed by atoms with Crippen molar-refractivity contribution in [1.29, 1.82) is 0 Å². The Balaban J connectivity index is 1.62. The summed E-state index contributed by atoms with van der Waals surface area (Å²) in [7, 11) is 1.40. The van der Waals surface area contributed by atoms with Crippen LogP contribution < -0.4 is 15.6 Å². The summed E-state index contributed by atoms with van der Waals surface area (Å²) >= 11 is 2.58. The van der Waals surface area contributed by atoms with Crippen LogP contribution in [0.2, 0.25) is 0 Å². The molecule has 3 rings (SSSR count). The van der Waals surface area contributed by atoms with Crippen molar-refractivity contribution in [3.63, 3.8) is 0 Å². The molecule has 0 radical (unpaired) electrons. The normalized spacial score (nSPS) is 10.5. The summed E-state index contributed by atoms with van der Waals surface area (Å²) in [5.74, 6) is 0.267. The van der Waals surface area contributed by atoms with E-state index in [1.807, 2.05) is 30.3 Å². The van der Waals surface area contributed by atoms with Crippen molar-refractivity contribution >= 4 is 40.8 Å². The van der Waals surface area contributed by atoms with Crippen LogP contribution in [-0.2, 0) is 10.5 Å². The molecule has 0 unspecified atom stereocenters. The number of nitrogens with one attached hydrogen (secondary N) is 2. The van der Waals surface area contributed by atoms with Crippen LogP contribution in [-0.4, -0.2) is 33.7 Å². The summed E-state index contributed by atoms with van der Waals surface area (Å²) in [6.45, 7) is 0. The van der Waals surface area contributed by atoms with Gasteiger partial charge in [-0.25, -0.2) is 4.98 Å².